The van der Waals surface area contributed by atoms with Crippen LogP contribution in [-0.4, -0.2) is 15.0 Å². The monoisotopic (exact) mass is 338 g/mol. The molecule has 0 bridgehead atoms. The summed E-state index contributed by atoms with van der Waals surface area (Å²) >= 11 is 5.84. The van der Waals surface area contributed by atoms with Crippen molar-refractivity contribution in [2.24, 2.45) is 0 Å². The van der Waals surface area contributed by atoms with Gasteiger partial charge in [0.15, 0.2) is 0 Å². The predicted octanol–water partition coefficient (Wildman–Crippen LogP) is 3.51. The van der Waals surface area contributed by atoms with Crippen LogP contribution in [0.5, 0.6) is 11.5 Å². The SMILES string of the molecule is N#Cc1cc(Oc2ccc(Nc3cc(Cl)nc(N)n3)cc2)ccn1. The van der Waals surface area contributed by atoms with E-state index in [9.17, 15) is 0 Å². The highest BCUT2D eigenvalue weighted by molar-refractivity contribution is 6.29. The predicted molar refractivity (Wildman–Crippen MR) is 90.2 cm³/mol. The molecule has 0 spiro atoms. The summed E-state index contributed by atoms with van der Waals surface area (Å²) in [6.07, 6.45) is 1.52. The number of benzene rings is 1. The van der Waals surface area contributed by atoms with E-state index in [2.05, 4.69) is 20.3 Å². The van der Waals surface area contributed by atoms with Gasteiger partial charge < -0.3 is 15.8 Å². The molecule has 0 aliphatic heterocycles. The number of aromatic nitrogens is 3. The number of halogens is 1. The second kappa shape index (κ2) is 6.81. The van der Waals surface area contributed by atoms with Crippen molar-refractivity contribution in [3.63, 3.8) is 0 Å². The van der Waals surface area contributed by atoms with Gasteiger partial charge in [-0.2, -0.15) is 10.2 Å². The number of nitrogens with two attached hydrogens (primary N) is 1. The van der Waals surface area contributed by atoms with E-state index in [4.69, 9.17) is 27.3 Å². The molecule has 24 heavy (non-hydrogen) atoms. The summed E-state index contributed by atoms with van der Waals surface area (Å²) in [6.45, 7) is 0. The van der Waals surface area contributed by atoms with Crippen molar-refractivity contribution >= 4 is 29.1 Å². The summed E-state index contributed by atoms with van der Waals surface area (Å²) in [7, 11) is 0. The van der Waals surface area contributed by atoms with E-state index in [1.165, 1.54) is 6.20 Å². The molecular formula is C16H11ClN6O. The Kier molecular flexibility index (Phi) is 4.40. The molecule has 3 aromatic rings. The molecule has 0 saturated heterocycles. The lowest BCUT2D eigenvalue weighted by molar-refractivity contribution is 0.482. The smallest absolute Gasteiger partial charge is 0.223 e. The molecule has 8 heteroatoms. The standard InChI is InChI=1S/C16H11ClN6O/c17-14-8-15(23-16(19)22-14)21-10-1-3-12(4-2-10)24-13-5-6-20-11(7-13)9-18/h1-8H,(H3,19,21,22,23). The summed E-state index contributed by atoms with van der Waals surface area (Å²) in [4.78, 5) is 11.7. The third-order valence-corrected chi connectivity index (χ3v) is 3.11. The maximum atomic E-state index is 8.84. The Labute approximate surface area is 142 Å². The van der Waals surface area contributed by atoms with Gasteiger partial charge in [-0.15, -0.1) is 0 Å². The molecule has 0 unspecified atom stereocenters. The summed E-state index contributed by atoms with van der Waals surface area (Å²) in [5.74, 6) is 1.75. The number of nitrogens with one attached hydrogen (secondary N) is 1. The zero-order valence-corrected chi connectivity index (χ0v) is 13.0. The first-order valence-corrected chi connectivity index (χ1v) is 7.21. The molecular weight excluding hydrogens is 328 g/mol. The number of pyridine rings is 1. The van der Waals surface area contributed by atoms with Crippen molar-refractivity contribution in [2.45, 2.75) is 0 Å². The molecule has 0 aliphatic carbocycles. The van der Waals surface area contributed by atoms with Gasteiger partial charge in [-0.1, -0.05) is 11.6 Å². The number of ether oxygens (including phenoxy) is 1. The number of hydrogen-bond donors (Lipinski definition) is 2. The molecule has 3 rings (SSSR count). The highest BCUT2D eigenvalue weighted by Gasteiger charge is 2.03. The molecule has 0 atom stereocenters. The van der Waals surface area contributed by atoms with Gasteiger partial charge in [0.2, 0.25) is 5.95 Å². The Morgan fingerprint density at radius 1 is 1.08 bits per heavy atom. The Hall–Kier alpha value is -3.37. The highest BCUT2D eigenvalue weighted by atomic mass is 35.5. The molecule has 0 radical (unpaired) electrons. The van der Waals surface area contributed by atoms with Crippen molar-refractivity contribution in [3.8, 4) is 17.6 Å². The molecule has 0 fully saturated rings. The van der Waals surface area contributed by atoms with E-state index in [-0.39, 0.29) is 11.1 Å². The van der Waals surface area contributed by atoms with Crippen LogP contribution in [-0.2, 0) is 0 Å². The van der Waals surface area contributed by atoms with Gasteiger partial charge in [-0.25, -0.2) is 9.97 Å². The van der Waals surface area contributed by atoms with E-state index in [1.807, 2.05) is 18.2 Å². The minimum Gasteiger partial charge on any atom is -0.457 e. The topological polar surface area (TPSA) is 110 Å². The van der Waals surface area contributed by atoms with Gasteiger partial charge in [0, 0.05) is 24.0 Å². The third kappa shape index (κ3) is 3.88. The van der Waals surface area contributed by atoms with E-state index in [0.717, 1.165) is 5.69 Å². The number of rotatable bonds is 4. The fourth-order valence-corrected chi connectivity index (χ4v) is 2.12. The second-order valence-electron chi connectivity index (χ2n) is 4.67. The van der Waals surface area contributed by atoms with E-state index >= 15 is 0 Å². The number of hydrogen-bond acceptors (Lipinski definition) is 7. The van der Waals surface area contributed by atoms with Crippen LogP contribution in [0.4, 0.5) is 17.5 Å². The summed E-state index contributed by atoms with van der Waals surface area (Å²) in [5.41, 5.74) is 6.63. The summed E-state index contributed by atoms with van der Waals surface area (Å²) < 4.78 is 5.68. The van der Waals surface area contributed by atoms with Gasteiger partial charge >= 0.3 is 0 Å². The van der Waals surface area contributed by atoms with Gasteiger partial charge in [0.1, 0.15) is 34.2 Å². The first-order chi connectivity index (χ1) is 11.6. The van der Waals surface area contributed by atoms with E-state index in [1.54, 1.807) is 30.3 Å². The maximum Gasteiger partial charge on any atom is 0.223 e. The molecule has 0 amide bonds. The molecule has 3 N–H and O–H groups in total. The van der Waals surface area contributed by atoms with E-state index < -0.39 is 0 Å². The first-order valence-electron chi connectivity index (χ1n) is 6.83. The second-order valence-corrected chi connectivity index (χ2v) is 5.06. The van der Waals surface area contributed by atoms with Crippen LogP contribution in [0.2, 0.25) is 5.15 Å². The molecule has 2 heterocycles. The Bertz CT molecular complexity index is 887. The normalized spacial score (nSPS) is 10.0. The fraction of sp³-hybridized carbons (Fsp3) is 0. The minimum absolute atomic E-state index is 0.0935. The lowest BCUT2D eigenvalue weighted by atomic mass is 10.3. The van der Waals surface area contributed by atoms with Gasteiger partial charge in [-0.05, 0) is 30.3 Å². The summed E-state index contributed by atoms with van der Waals surface area (Å²) in [5, 5.41) is 12.2. The van der Waals surface area contributed by atoms with Crippen LogP contribution in [0.15, 0.2) is 48.7 Å². The number of anilines is 3. The molecule has 2 aromatic heterocycles. The van der Waals surface area contributed by atoms with Gasteiger partial charge in [0.05, 0.1) is 0 Å². The number of nitrogen functional groups attached to an aromatic ring is 1. The minimum atomic E-state index is 0.0935. The average Bonchev–Trinajstić information content (AvgIpc) is 2.56. The van der Waals surface area contributed by atoms with Crippen molar-refractivity contribution < 1.29 is 4.74 Å². The number of nitrogens with zero attached hydrogens (tertiary/aromatic N) is 4. The molecule has 0 saturated carbocycles. The van der Waals surface area contributed by atoms with Crippen LogP contribution >= 0.6 is 11.6 Å². The van der Waals surface area contributed by atoms with Crippen molar-refractivity contribution in [1.82, 2.24) is 15.0 Å². The molecule has 118 valence electrons. The van der Waals surface area contributed by atoms with Crippen LogP contribution in [0, 0.1) is 11.3 Å². The van der Waals surface area contributed by atoms with Crippen LogP contribution in [0.3, 0.4) is 0 Å². The van der Waals surface area contributed by atoms with Gasteiger partial charge in [-0.3, -0.25) is 0 Å². The van der Waals surface area contributed by atoms with Crippen molar-refractivity contribution in [2.75, 3.05) is 11.1 Å². The Morgan fingerprint density at radius 2 is 1.88 bits per heavy atom. The molecule has 0 aliphatic rings. The van der Waals surface area contributed by atoms with Crippen molar-refractivity contribution in [3.05, 3.63) is 59.5 Å². The number of nitriles is 1. The lowest BCUT2D eigenvalue weighted by Crippen LogP contribution is -2.00. The molecule has 1 aromatic carbocycles. The van der Waals surface area contributed by atoms with Gasteiger partial charge in [0.25, 0.3) is 0 Å². The average molecular weight is 339 g/mol. The Morgan fingerprint density at radius 3 is 2.58 bits per heavy atom. The van der Waals surface area contributed by atoms with Crippen molar-refractivity contribution in [1.29, 1.82) is 5.26 Å². The third-order valence-electron chi connectivity index (χ3n) is 2.92. The molecule has 7 nitrogen and oxygen atoms in total. The van der Waals surface area contributed by atoms with Crippen LogP contribution in [0.1, 0.15) is 5.69 Å². The fourth-order valence-electron chi connectivity index (χ4n) is 1.93. The quantitative estimate of drug-likeness (QED) is 0.700. The zero-order valence-electron chi connectivity index (χ0n) is 12.3. The largest absolute Gasteiger partial charge is 0.457 e. The van der Waals surface area contributed by atoms with E-state index in [0.29, 0.717) is 23.0 Å². The highest BCUT2D eigenvalue weighted by Crippen LogP contribution is 2.25. The Balaban J connectivity index is 1.72. The first kappa shape index (κ1) is 15.5. The van der Waals surface area contributed by atoms with Crippen LogP contribution in [0.25, 0.3) is 0 Å². The zero-order chi connectivity index (χ0) is 16.9. The van der Waals surface area contributed by atoms with Crippen LogP contribution < -0.4 is 15.8 Å². The maximum absolute atomic E-state index is 8.84. The summed E-state index contributed by atoms with van der Waals surface area (Å²) in [6, 6.07) is 14.0. The lowest BCUT2D eigenvalue weighted by Gasteiger charge is -2.09.